The highest BCUT2D eigenvalue weighted by molar-refractivity contribution is 7.17. The molecule has 14 heavy (non-hydrogen) atoms. The number of nitrogens with zero attached hydrogens (tertiary/aromatic N) is 2. The van der Waals surface area contributed by atoms with Gasteiger partial charge in [-0.1, -0.05) is 0 Å². The van der Waals surface area contributed by atoms with Crippen LogP contribution in [0.5, 0.6) is 0 Å². The zero-order valence-electron chi connectivity index (χ0n) is 8.31. The first-order chi connectivity index (χ1) is 6.63. The van der Waals surface area contributed by atoms with Crippen molar-refractivity contribution in [3.8, 4) is 0 Å². The standard InChI is InChI=1S/C9H12N2O2S/c1-5-4-11-7(8(12)13-3)6(2)10-9(11)14-5/h4,8,12H,1-3H3. The van der Waals surface area contributed by atoms with Crippen molar-refractivity contribution in [3.63, 3.8) is 0 Å². The van der Waals surface area contributed by atoms with Gasteiger partial charge in [-0.15, -0.1) is 11.3 Å². The van der Waals surface area contributed by atoms with Crippen LogP contribution in [0.2, 0.25) is 0 Å². The van der Waals surface area contributed by atoms with Crippen LogP contribution in [0, 0.1) is 13.8 Å². The first-order valence-electron chi connectivity index (χ1n) is 4.29. The predicted octanol–water partition coefficient (Wildman–Crippen LogP) is 1.65. The van der Waals surface area contributed by atoms with Gasteiger partial charge in [-0.2, -0.15) is 0 Å². The smallest absolute Gasteiger partial charge is 0.198 e. The van der Waals surface area contributed by atoms with E-state index in [1.54, 1.807) is 11.3 Å². The van der Waals surface area contributed by atoms with E-state index in [0.29, 0.717) is 5.69 Å². The lowest BCUT2D eigenvalue weighted by molar-refractivity contribution is -0.0807. The fraction of sp³-hybridized carbons (Fsp3) is 0.444. The summed E-state index contributed by atoms with van der Waals surface area (Å²) in [5, 5.41) is 9.63. The molecular weight excluding hydrogens is 200 g/mol. The second-order valence-corrected chi connectivity index (χ2v) is 4.38. The van der Waals surface area contributed by atoms with Gasteiger partial charge >= 0.3 is 0 Å². The highest BCUT2D eigenvalue weighted by Crippen LogP contribution is 2.25. The van der Waals surface area contributed by atoms with Gasteiger partial charge in [0.05, 0.1) is 5.69 Å². The molecule has 2 heterocycles. The Balaban J connectivity index is 2.65. The molecule has 0 spiro atoms. The normalized spacial score (nSPS) is 13.7. The molecule has 0 bridgehead atoms. The van der Waals surface area contributed by atoms with Crippen LogP contribution < -0.4 is 0 Å². The number of fused-ring (bicyclic) bond motifs is 1. The van der Waals surface area contributed by atoms with Crippen molar-refractivity contribution in [2.75, 3.05) is 7.11 Å². The van der Waals surface area contributed by atoms with Crippen LogP contribution in [0.25, 0.3) is 4.96 Å². The van der Waals surface area contributed by atoms with E-state index in [4.69, 9.17) is 4.74 Å². The van der Waals surface area contributed by atoms with Crippen LogP contribution in [0.3, 0.4) is 0 Å². The summed E-state index contributed by atoms with van der Waals surface area (Å²) in [6.07, 6.45) is 1.05. The summed E-state index contributed by atoms with van der Waals surface area (Å²) in [7, 11) is 1.47. The molecule has 0 amide bonds. The number of hydrogen-bond acceptors (Lipinski definition) is 4. The van der Waals surface area contributed by atoms with Crippen LogP contribution in [0.1, 0.15) is 22.6 Å². The number of aliphatic hydroxyl groups is 1. The summed E-state index contributed by atoms with van der Waals surface area (Å²) in [5.41, 5.74) is 1.53. The summed E-state index contributed by atoms with van der Waals surface area (Å²) in [4.78, 5) is 6.40. The topological polar surface area (TPSA) is 46.8 Å². The van der Waals surface area contributed by atoms with Crippen LogP contribution in [0.4, 0.5) is 0 Å². The van der Waals surface area contributed by atoms with Crippen LogP contribution in [-0.4, -0.2) is 21.6 Å². The third-order valence-corrected chi connectivity index (χ3v) is 3.02. The predicted molar refractivity (Wildman–Crippen MR) is 54.5 cm³/mol. The molecule has 0 fully saturated rings. The summed E-state index contributed by atoms with van der Waals surface area (Å²) in [6.45, 7) is 3.88. The van der Waals surface area contributed by atoms with Crippen molar-refractivity contribution < 1.29 is 9.84 Å². The number of imidazole rings is 1. The highest BCUT2D eigenvalue weighted by Gasteiger charge is 2.17. The van der Waals surface area contributed by atoms with Crippen molar-refractivity contribution in [2.24, 2.45) is 0 Å². The first kappa shape index (κ1) is 9.64. The maximum absolute atomic E-state index is 9.63. The molecule has 2 rings (SSSR count). The van der Waals surface area contributed by atoms with Crippen molar-refractivity contribution in [1.82, 2.24) is 9.38 Å². The number of aliphatic hydroxyl groups excluding tert-OH is 1. The van der Waals surface area contributed by atoms with Gasteiger partial charge in [0.2, 0.25) is 0 Å². The van der Waals surface area contributed by atoms with Crippen LogP contribution in [-0.2, 0) is 4.74 Å². The maximum Gasteiger partial charge on any atom is 0.198 e. The number of hydrogen-bond donors (Lipinski definition) is 1. The molecule has 0 aliphatic heterocycles. The zero-order chi connectivity index (χ0) is 10.3. The molecule has 1 atom stereocenters. The Morgan fingerprint density at radius 2 is 2.29 bits per heavy atom. The van der Waals surface area contributed by atoms with Crippen molar-refractivity contribution in [2.45, 2.75) is 20.1 Å². The van der Waals surface area contributed by atoms with E-state index in [2.05, 4.69) is 4.98 Å². The Bertz CT molecular complexity index is 461. The minimum Gasteiger partial charge on any atom is -0.363 e. The Hall–Kier alpha value is -0.910. The molecule has 1 N–H and O–H groups in total. The number of ether oxygens (including phenoxy) is 1. The van der Waals surface area contributed by atoms with E-state index in [1.165, 1.54) is 7.11 Å². The number of methoxy groups -OCH3 is 1. The second-order valence-electron chi connectivity index (χ2n) is 3.16. The van der Waals surface area contributed by atoms with Crippen molar-refractivity contribution >= 4 is 16.3 Å². The van der Waals surface area contributed by atoms with Gasteiger partial charge in [-0.05, 0) is 13.8 Å². The maximum atomic E-state index is 9.63. The highest BCUT2D eigenvalue weighted by atomic mass is 32.1. The van der Waals surface area contributed by atoms with E-state index in [9.17, 15) is 5.11 Å². The molecule has 2 aromatic rings. The molecule has 4 nitrogen and oxygen atoms in total. The minimum atomic E-state index is -0.904. The molecule has 1 unspecified atom stereocenters. The third kappa shape index (κ3) is 1.33. The lowest BCUT2D eigenvalue weighted by atomic mass is 10.3. The van der Waals surface area contributed by atoms with E-state index >= 15 is 0 Å². The Kier molecular flexibility index (Phi) is 2.30. The molecule has 0 aliphatic rings. The van der Waals surface area contributed by atoms with Crippen LogP contribution in [0.15, 0.2) is 6.20 Å². The van der Waals surface area contributed by atoms with Gasteiger partial charge in [-0.25, -0.2) is 4.98 Å². The molecule has 5 heteroatoms. The van der Waals surface area contributed by atoms with Gasteiger partial charge in [-0.3, -0.25) is 4.40 Å². The third-order valence-electron chi connectivity index (χ3n) is 2.12. The molecule has 0 saturated heterocycles. The Labute approximate surface area is 85.8 Å². The van der Waals surface area contributed by atoms with Crippen molar-refractivity contribution in [3.05, 3.63) is 22.5 Å². The minimum absolute atomic E-state index is 0.715. The van der Waals surface area contributed by atoms with Gasteiger partial charge in [0.25, 0.3) is 0 Å². The number of aryl methyl sites for hydroxylation is 2. The second kappa shape index (κ2) is 3.34. The van der Waals surface area contributed by atoms with Gasteiger partial charge in [0, 0.05) is 18.2 Å². The number of thiazole rings is 1. The quantitative estimate of drug-likeness (QED) is 0.770. The number of rotatable bonds is 2. The van der Waals surface area contributed by atoms with Gasteiger partial charge in [0.1, 0.15) is 5.69 Å². The van der Waals surface area contributed by atoms with E-state index < -0.39 is 6.29 Å². The summed E-state index contributed by atoms with van der Waals surface area (Å²) in [6, 6.07) is 0. The molecule has 76 valence electrons. The largest absolute Gasteiger partial charge is 0.363 e. The summed E-state index contributed by atoms with van der Waals surface area (Å²) >= 11 is 1.60. The van der Waals surface area contributed by atoms with E-state index in [0.717, 1.165) is 15.5 Å². The molecule has 0 radical (unpaired) electrons. The fourth-order valence-electron chi connectivity index (χ4n) is 1.49. The monoisotopic (exact) mass is 212 g/mol. The SMILES string of the molecule is COC(O)c1c(C)nc2sc(C)cn12. The van der Waals surface area contributed by atoms with Crippen LogP contribution >= 0.6 is 11.3 Å². The van der Waals surface area contributed by atoms with E-state index in [1.807, 2.05) is 24.4 Å². The average molecular weight is 212 g/mol. The molecule has 0 saturated carbocycles. The zero-order valence-corrected chi connectivity index (χ0v) is 9.13. The van der Waals surface area contributed by atoms with E-state index in [-0.39, 0.29) is 0 Å². The van der Waals surface area contributed by atoms with Crippen molar-refractivity contribution in [1.29, 1.82) is 0 Å². The van der Waals surface area contributed by atoms with Gasteiger partial charge < -0.3 is 9.84 Å². The van der Waals surface area contributed by atoms with Gasteiger partial charge in [0.15, 0.2) is 11.3 Å². The Morgan fingerprint density at radius 1 is 1.57 bits per heavy atom. The first-order valence-corrected chi connectivity index (χ1v) is 5.11. The lowest BCUT2D eigenvalue weighted by Gasteiger charge is -2.07. The fourth-order valence-corrected chi connectivity index (χ4v) is 2.37. The lowest BCUT2D eigenvalue weighted by Crippen LogP contribution is -2.04. The summed E-state index contributed by atoms with van der Waals surface area (Å²) < 4.78 is 6.77. The summed E-state index contributed by atoms with van der Waals surface area (Å²) in [5.74, 6) is 0. The average Bonchev–Trinajstić information content (AvgIpc) is 2.58. The number of aromatic nitrogens is 2. The molecule has 0 aliphatic carbocycles. The molecular formula is C9H12N2O2S. The molecule has 2 aromatic heterocycles. The molecule has 0 aromatic carbocycles. The Morgan fingerprint density at radius 3 is 2.93 bits per heavy atom.